The van der Waals surface area contributed by atoms with Crippen LogP contribution in [0.3, 0.4) is 0 Å². The second kappa shape index (κ2) is 9.53. The average molecular weight is 437 g/mol. The van der Waals surface area contributed by atoms with Gasteiger partial charge in [0.2, 0.25) is 0 Å². The van der Waals surface area contributed by atoms with Crippen LogP contribution in [0.4, 0.5) is 0 Å². The fourth-order valence-electron chi connectivity index (χ4n) is 2.70. The van der Waals surface area contributed by atoms with Crippen LogP contribution in [0.15, 0.2) is 34.1 Å². The second-order valence-corrected chi connectivity index (χ2v) is 8.57. The molecule has 0 aromatic heterocycles. The van der Waals surface area contributed by atoms with Crippen molar-refractivity contribution in [3.05, 3.63) is 57.6 Å². The van der Waals surface area contributed by atoms with E-state index in [0.717, 1.165) is 21.6 Å². The Morgan fingerprint density at radius 1 is 0.600 bits per heavy atom. The molecule has 0 spiro atoms. The van der Waals surface area contributed by atoms with E-state index in [1.807, 2.05) is 12.1 Å². The van der Waals surface area contributed by atoms with Gasteiger partial charge in [-0.1, -0.05) is 21.6 Å². The largest absolute Gasteiger partial charge is 0.294 e. The van der Waals surface area contributed by atoms with Gasteiger partial charge >= 0.3 is 0 Å². The van der Waals surface area contributed by atoms with Gasteiger partial charge < -0.3 is 0 Å². The maximum Gasteiger partial charge on any atom is 0.161 e. The monoisotopic (exact) mass is 436 g/mol. The molecule has 0 heterocycles. The lowest BCUT2D eigenvalue weighted by atomic mass is 10.0. The standard InChI is InChI=1S/C22H16N2O4S2/c1-11(25)17-5-15(9-23)6-18(12(2)26)21(17)29-30-22-19(13(3)27)7-16(10-24)8-20(22)14(4)28/h5-8H,1-4H3. The Bertz CT molecular complexity index is 1020. The van der Waals surface area contributed by atoms with Crippen LogP contribution in [-0.2, 0) is 0 Å². The molecule has 0 atom stereocenters. The van der Waals surface area contributed by atoms with Crippen LogP contribution >= 0.6 is 21.6 Å². The highest BCUT2D eigenvalue weighted by Gasteiger charge is 2.22. The molecule has 8 heteroatoms. The maximum atomic E-state index is 12.2. The Morgan fingerprint density at radius 3 is 1.00 bits per heavy atom. The average Bonchev–Trinajstić information content (AvgIpc) is 2.70. The van der Waals surface area contributed by atoms with Crippen molar-refractivity contribution in [1.82, 2.24) is 0 Å². The molecule has 0 radical (unpaired) electrons. The molecule has 2 rings (SSSR count). The summed E-state index contributed by atoms with van der Waals surface area (Å²) in [6.45, 7) is 5.33. The van der Waals surface area contributed by atoms with Gasteiger partial charge in [-0.25, -0.2) is 0 Å². The summed E-state index contributed by atoms with van der Waals surface area (Å²) in [6.07, 6.45) is 0. The highest BCUT2D eigenvalue weighted by Crippen LogP contribution is 2.44. The second-order valence-electron chi connectivity index (χ2n) is 6.42. The SMILES string of the molecule is CC(=O)c1cc(C#N)cc(C(C)=O)c1SSc1c(C(C)=O)cc(C#N)cc1C(C)=O. The van der Waals surface area contributed by atoms with Gasteiger partial charge in [-0.15, -0.1) is 0 Å². The minimum Gasteiger partial charge on any atom is -0.294 e. The Labute approximate surface area is 181 Å². The van der Waals surface area contributed by atoms with Crippen molar-refractivity contribution in [2.75, 3.05) is 0 Å². The lowest BCUT2D eigenvalue weighted by Crippen LogP contribution is -2.05. The van der Waals surface area contributed by atoms with Gasteiger partial charge in [-0.05, 0) is 52.0 Å². The lowest BCUT2D eigenvalue weighted by molar-refractivity contribution is 0.0992. The highest BCUT2D eigenvalue weighted by molar-refractivity contribution is 8.76. The van der Waals surface area contributed by atoms with E-state index in [1.165, 1.54) is 52.0 Å². The van der Waals surface area contributed by atoms with Gasteiger partial charge in [-0.3, -0.25) is 19.2 Å². The molecule has 0 saturated heterocycles. The number of rotatable bonds is 7. The molecule has 6 nitrogen and oxygen atoms in total. The molecule has 0 unspecified atom stereocenters. The molecule has 2 aromatic rings. The van der Waals surface area contributed by atoms with Crippen molar-refractivity contribution < 1.29 is 19.2 Å². The zero-order valence-corrected chi connectivity index (χ0v) is 18.3. The zero-order chi connectivity index (χ0) is 22.6. The van der Waals surface area contributed by atoms with Crippen molar-refractivity contribution in [3.63, 3.8) is 0 Å². The van der Waals surface area contributed by atoms with Gasteiger partial charge in [0.05, 0.1) is 23.3 Å². The van der Waals surface area contributed by atoms with Gasteiger partial charge in [0.15, 0.2) is 23.1 Å². The van der Waals surface area contributed by atoms with Crippen LogP contribution in [0.2, 0.25) is 0 Å². The molecule has 0 saturated carbocycles. The third-order valence-electron chi connectivity index (χ3n) is 4.16. The van der Waals surface area contributed by atoms with E-state index < -0.39 is 0 Å². The molecular weight excluding hydrogens is 420 g/mol. The first kappa shape index (κ1) is 23.1. The lowest BCUT2D eigenvalue weighted by Gasteiger charge is -2.15. The van der Waals surface area contributed by atoms with Crippen molar-refractivity contribution in [2.24, 2.45) is 0 Å². The minimum atomic E-state index is -0.323. The predicted molar refractivity (Wildman–Crippen MR) is 114 cm³/mol. The smallest absolute Gasteiger partial charge is 0.161 e. The maximum absolute atomic E-state index is 12.2. The summed E-state index contributed by atoms with van der Waals surface area (Å²) >= 11 is 0. The van der Waals surface area contributed by atoms with E-state index in [2.05, 4.69) is 0 Å². The summed E-state index contributed by atoms with van der Waals surface area (Å²) in [5.41, 5.74) is 1.20. The van der Waals surface area contributed by atoms with E-state index in [1.54, 1.807) is 0 Å². The number of benzene rings is 2. The first-order valence-corrected chi connectivity index (χ1v) is 10.8. The first-order valence-electron chi connectivity index (χ1n) is 8.65. The Morgan fingerprint density at radius 2 is 0.833 bits per heavy atom. The highest BCUT2D eigenvalue weighted by atomic mass is 33.1. The topological polar surface area (TPSA) is 116 Å². The third kappa shape index (κ3) is 4.85. The Hall–Kier alpha value is -3.20. The van der Waals surface area contributed by atoms with E-state index in [0.29, 0.717) is 9.79 Å². The number of hydrogen-bond acceptors (Lipinski definition) is 8. The predicted octanol–water partition coefficient (Wildman–Crippen LogP) is 5.04. The number of nitrogens with zero attached hydrogens (tertiary/aromatic N) is 2. The third-order valence-corrected chi connectivity index (χ3v) is 6.71. The first-order chi connectivity index (χ1) is 14.1. The summed E-state index contributed by atoms with van der Waals surface area (Å²) in [5, 5.41) is 18.4. The molecule has 0 N–H and O–H groups in total. The molecule has 30 heavy (non-hydrogen) atoms. The normalized spacial score (nSPS) is 10.1. The zero-order valence-electron chi connectivity index (χ0n) is 16.7. The molecule has 0 bridgehead atoms. The van der Waals surface area contributed by atoms with E-state index in [4.69, 9.17) is 0 Å². The van der Waals surface area contributed by atoms with Crippen LogP contribution in [0.25, 0.3) is 0 Å². The van der Waals surface area contributed by atoms with Gasteiger partial charge in [-0.2, -0.15) is 10.5 Å². The Balaban J connectivity index is 2.68. The summed E-state index contributed by atoms with van der Waals surface area (Å²) < 4.78 is 0. The van der Waals surface area contributed by atoms with E-state index >= 15 is 0 Å². The van der Waals surface area contributed by atoms with Crippen LogP contribution in [-0.4, -0.2) is 23.1 Å². The Kier molecular flexibility index (Phi) is 7.33. The summed E-state index contributed by atoms with van der Waals surface area (Å²) in [6, 6.07) is 9.52. The van der Waals surface area contributed by atoms with Crippen molar-refractivity contribution in [1.29, 1.82) is 10.5 Å². The molecule has 2 aromatic carbocycles. The fourth-order valence-corrected chi connectivity index (χ4v) is 5.61. The molecule has 0 aliphatic rings. The molecule has 0 aliphatic carbocycles. The van der Waals surface area contributed by atoms with Crippen LogP contribution in [0, 0.1) is 22.7 Å². The van der Waals surface area contributed by atoms with Crippen LogP contribution < -0.4 is 0 Å². The number of nitriles is 2. The molecule has 150 valence electrons. The summed E-state index contributed by atoms with van der Waals surface area (Å²) in [5.74, 6) is -1.29. The number of carbonyl (C=O) groups is 4. The minimum absolute atomic E-state index is 0.187. The summed E-state index contributed by atoms with van der Waals surface area (Å²) in [7, 11) is 2.11. The summed E-state index contributed by atoms with van der Waals surface area (Å²) in [4.78, 5) is 49.4. The van der Waals surface area contributed by atoms with E-state index in [9.17, 15) is 29.7 Å². The number of hydrogen-bond donors (Lipinski definition) is 0. The fraction of sp³-hybridized carbons (Fsp3) is 0.182. The molecule has 0 aliphatic heterocycles. The van der Waals surface area contributed by atoms with Crippen molar-refractivity contribution in [3.8, 4) is 12.1 Å². The van der Waals surface area contributed by atoms with Gasteiger partial charge in [0.1, 0.15) is 0 Å². The number of ketones is 4. The van der Waals surface area contributed by atoms with Gasteiger partial charge in [0.25, 0.3) is 0 Å². The molecular formula is C22H16N2O4S2. The number of carbonyl (C=O) groups excluding carboxylic acids is 4. The van der Waals surface area contributed by atoms with Crippen LogP contribution in [0.1, 0.15) is 80.3 Å². The van der Waals surface area contributed by atoms with E-state index in [-0.39, 0.29) is 56.5 Å². The van der Waals surface area contributed by atoms with Gasteiger partial charge in [0, 0.05) is 32.0 Å². The van der Waals surface area contributed by atoms with Crippen molar-refractivity contribution >= 4 is 44.7 Å². The molecule has 0 fully saturated rings. The number of Topliss-reactive ketones (excluding diaryl/α,β-unsaturated/α-hetero) is 4. The van der Waals surface area contributed by atoms with Crippen molar-refractivity contribution in [2.45, 2.75) is 37.5 Å². The molecule has 0 amide bonds. The quantitative estimate of drug-likeness (QED) is 0.438. The van der Waals surface area contributed by atoms with Crippen LogP contribution in [0.5, 0.6) is 0 Å².